The van der Waals surface area contributed by atoms with E-state index in [1.54, 1.807) is 12.4 Å². The zero-order valence-corrected chi connectivity index (χ0v) is 14.4. The average molecular weight is 331 g/mol. The fourth-order valence-electron chi connectivity index (χ4n) is 2.65. The second-order valence-corrected chi connectivity index (χ2v) is 6.16. The van der Waals surface area contributed by atoms with Crippen LogP contribution in [0.1, 0.15) is 22.3 Å². The van der Waals surface area contributed by atoms with Crippen LogP contribution >= 0.6 is 0 Å². The van der Waals surface area contributed by atoms with Crippen molar-refractivity contribution in [2.45, 2.75) is 20.4 Å². The van der Waals surface area contributed by atoms with Gasteiger partial charge in [0.25, 0.3) is 0 Å². The van der Waals surface area contributed by atoms with E-state index in [9.17, 15) is 4.79 Å². The number of nitrogens with one attached hydrogen (secondary N) is 1. The summed E-state index contributed by atoms with van der Waals surface area (Å²) in [6.07, 6.45) is 6.88. The second kappa shape index (κ2) is 7.62. The van der Waals surface area contributed by atoms with E-state index in [-0.39, 0.29) is 5.91 Å². The highest BCUT2D eigenvalue weighted by atomic mass is 16.1. The Kier molecular flexibility index (Phi) is 5.09. The molecular weight excluding hydrogens is 310 g/mol. The van der Waals surface area contributed by atoms with Gasteiger partial charge in [0.15, 0.2) is 5.82 Å². The first-order valence-electron chi connectivity index (χ1n) is 8.21. The molecule has 1 N–H and O–H groups in total. The Morgan fingerprint density at radius 2 is 1.88 bits per heavy atom. The summed E-state index contributed by atoms with van der Waals surface area (Å²) in [5, 5.41) is 2.79. The second-order valence-electron chi connectivity index (χ2n) is 6.16. The maximum absolute atomic E-state index is 12.0. The van der Waals surface area contributed by atoms with Crippen molar-refractivity contribution in [3.63, 3.8) is 0 Å². The highest BCUT2D eigenvalue weighted by Gasteiger charge is 2.03. The van der Waals surface area contributed by atoms with Gasteiger partial charge in [0.05, 0.1) is 6.33 Å². The molecule has 1 heterocycles. The summed E-state index contributed by atoms with van der Waals surface area (Å²) in [4.78, 5) is 16.3. The fourth-order valence-corrected chi connectivity index (χ4v) is 2.65. The molecule has 25 heavy (non-hydrogen) atoms. The number of aryl methyl sites for hydroxylation is 2. The topological polar surface area (TPSA) is 46.9 Å². The van der Waals surface area contributed by atoms with E-state index in [4.69, 9.17) is 0 Å². The van der Waals surface area contributed by atoms with Crippen LogP contribution < -0.4 is 5.32 Å². The Morgan fingerprint density at radius 1 is 1.12 bits per heavy atom. The van der Waals surface area contributed by atoms with Crippen molar-refractivity contribution >= 4 is 17.8 Å². The number of anilines is 1. The lowest BCUT2D eigenvalue weighted by Gasteiger charge is -2.03. The molecule has 0 spiro atoms. The lowest BCUT2D eigenvalue weighted by Crippen LogP contribution is -2.08. The van der Waals surface area contributed by atoms with Crippen molar-refractivity contribution in [1.29, 1.82) is 0 Å². The van der Waals surface area contributed by atoms with Gasteiger partial charge in [-0.2, -0.15) is 0 Å². The van der Waals surface area contributed by atoms with Gasteiger partial charge in [-0.25, -0.2) is 4.98 Å². The average Bonchev–Trinajstić information content (AvgIpc) is 3.00. The molecule has 0 aliphatic rings. The Hall–Kier alpha value is -3.14. The predicted octanol–water partition coefficient (Wildman–Crippen LogP) is 4.20. The van der Waals surface area contributed by atoms with Crippen LogP contribution in [0.4, 0.5) is 5.82 Å². The molecule has 2 aromatic carbocycles. The monoisotopic (exact) mass is 331 g/mol. The third-order valence-corrected chi connectivity index (χ3v) is 3.80. The SMILES string of the molecule is Cc1cccc(/C=C/C(=O)Nc2cn(Cc3cccc(C)c3)cn2)c1. The van der Waals surface area contributed by atoms with Crippen LogP contribution in [0.25, 0.3) is 6.08 Å². The van der Waals surface area contributed by atoms with Gasteiger partial charge >= 0.3 is 0 Å². The first-order valence-corrected chi connectivity index (χ1v) is 8.21. The molecular formula is C21H21N3O. The van der Waals surface area contributed by atoms with Crippen molar-refractivity contribution in [3.05, 3.63) is 89.4 Å². The number of hydrogen-bond donors (Lipinski definition) is 1. The van der Waals surface area contributed by atoms with Crippen molar-refractivity contribution in [2.24, 2.45) is 0 Å². The van der Waals surface area contributed by atoms with Crippen molar-refractivity contribution in [3.8, 4) is 0 Å². The molecule has 0 saturated heterocycles. The maximum Gasteiger partial charge on any atom is 0.249 e. The van der Waals surface area contributed by atoms with Gasteiger partial charge in [-0.3, -0.25) is 4.79 Å². The van der Waals surface area contributed by atoms with Crippen LogP contribution in [0.15, 0.2) is 67.1 Å². The van der Waals surface area contributed by atoms with Crippen LogP contribution in [0.2, 0.25) is 0 Å². The third kappa shape index (κ3) is 4.91. The highest BCUT2D eigenvalue weighted by Crippen LogP contribution is 2.10. The molecule has 4 nitrogen and oxygen atoms in total. The van der Waals surface area contributed by atoms with E-state index < -0.39 is 0 Å². The van der Waals surface area contributed by atoms with E-state index in [0.29, 0.717) is 5.82 Å². The minimum absolute atomic E-state index is 0.192. The maximum atomic E-state index is 12.0. The molecule has 3 rings (SSSR count). The molecule has 3 aromatic rings. The van der Waals surface area contributed by atoms with E-state index in [1.165, 1.54) is 17.2 Å². The molecule has 0 aliphatic heterocycles. The Balaban J connectivity index is 1.60. The van der Waals surface area contributed by atoms with Crippen molar-refractivity contribution in [1.82, 2.24) is 9.55 Å². The summed E-state index contributed by atoms with van der Waals surface area (Å²) >= 11 is 0. The Bertz CT molecular complexity index is 909. The Morgan fingerprint density at radius 3 is 2.64 bits per heavy atom. The normalized spacial score (nSPS) is 11.0. The number of aromatic nitrogens is 2. The van der Waals surface area contributed by atoms with E-state index in [0.717, 1.165) is 17.7 Å². The molecule has 4 heteroatoms. The number of carbonyl (C=O) groups is 1. The zero-order valence-electron chi connectivity index (χ0n) is 14.4. The first-order chi connectivity index (χ1) is 12.1. The molecule has 1 amide bonds. The molecule has 0 saturated carbocycles. The number of hydrogen-bond acceptors (Lipinski definition) is 2. The molecule has 0 atom stereocenters. The molecule has 0 aliphatic carbocycles. The summed E-state index contributed by atoms with van der Waals surface area (Å²) in [5.74, 6) is 0.355. The summed E-state index contributed by atoms with van der Waals surface area (Å²) in [5.41, 5.74) is 4.60. The Labute approximate surface area is 147 Å². The summed E-state index contributed by atoms with van der Waals surface area (Å²) < 4.78 is 1.95. The molecule has 0 bridgehead atoms. The van der Waals surface area contributed by atoms with Crippen LogP contribution in [-0.4, -0.2) is 15.5 Å². The van der Waals surface area contributed by atoms with Crippen LogP contribution in [-0.2, 0) is 11.3 Å². The molecule has 0 radical (unpaired) electrons. The van der Waals surface area contributed by atoms with Gasteiger partial charge in [-0.15, -0.1) is 0 Å². The first kappa shape index (κ1) is 16.7. The molecule has 126 valence electrons. The van der Waals surface area contributed by atoms with Crippen LogP contribution in [0.3, 0.4) is 0 Å². The minimum atomic E-state index is -0.192. The van der Waals surface area contributed by atoms with Crippen molar-refractivity contribution < 1.29 is 4.79 Å². The number of carbonyl (C=O) groups excluding carboxylic acids is 1. The third-order valence-electron chi connectivity index (χ3n) is 3.80. The highest BCUT2D eigenvalue weighted by molar-refractivity contribution is 6.01. The number of amides is 1. The van der Waals surface area contributed by atoms with E-state index >= 15 is 0 Å². The summed E-state index contributed by atoms with van der Waals surface area (Å²) in [6, 6.07) is 16.3. The molecule has 1 aromatic heterocycles. The lowest BCUT2D eigenvalue weighted by molar-refractivity contribution is -0.111. The van der Waals surface area contributed by atoms with Gasteiger partial charge in [0, 0.05) is 18.8 Å². The van der Waals surface area contributed by atoms with Gasteiger partial charge < -0.3 is 9.88 Å². The van der Waals surface area contributed by atoms with Crippen LogP contribution in [0.5, 0.6) is 0 Å². The minimum Gasteiger partial charge on any atom is -0.331 e. The van der Waals surface area contributed by atoms with Gasteiger partial charge in [-0.1, -0.05) is 59.7 Å². The zero-order chi connectivity index (χ0) is 17.6. The van der Waals surface area contributed by atoms with Gasteiger partial charge in [-0.05, 0) is 31.1 Å². The predicted molar refractivity (Wildman–Crippen MR) is 101 cm³/mol. The number of nitrogens with zero attached hydrogens (tertiary/aromatic N) is 2. The smallest absolute Gasteiger partial charge is 0.249 e. The number of benzene rings is 2. The fraction of sp³-hybridized carbons (Fsp3) is 0.143. The van der Waals surface area contributed by atoms with E-state index in [2.05, 4.69) is 35.4 Å². The number of imidazole rings is 1. The van der Waals surface area contributed by atoms with Gasteiger partial charge in [0.2, 0.25) is 5.91 Å². The quantitative estimate of drug-likeness (QED) is 0.712. The lowest BCUT2D eigenvalue weighted by atomic mass is 10.1. The molecule has 0 fully saturated rings. The van der Waals surface area contributed by atoms with E-state index in [1.807, 2.05) is 48.0 Å². The summed E-state index contributed by atoms with van der Waals surface area (Å²) in [6.45, 7) is 4.82. The standard InChI is InChI=1S/C21H21N3O/c1-16-5-3-7-18(11-16)9-10-21(25)23-20-14-24(15-22-20)13-19-8-4-6-17(2)12-19/h3-12,14-15H,13H2,1-2H3,(H,23,25)/b10-9+. The molecule has 0 unspecified atom stereocenters. The van der Waals surface area contributed by atoms with Gasteiger partial charge in [0.1, 0.15) is 0 Å². The largest absolute Gasteiger partial charge is 0.331 e. The van der Waals surface area contributed by atoms with Crippen molar-refractivity contribution in [2.75, 3.05) is 5.32 Å². The van der Waals surface area contributed by atoms with Crippen LogP contribution in [0, 0.1) is 13.8 Å². The summed E-state index contributed by atoms with van der Waals surface area (Å²) in [7, 11) is 0. The number of rotatable bonds is 5.